The molecule has 0 saturated carbocycles. The third kappa shape index (κ3) is 6.79. The van der Waals surface area contributed by atoms with Crippen LogP contribution < -0.4 is 5.73 Å². The summed E-state index contributed by atoms with van der Waals surface area (Å²) in [6.07, 6.45) is 2.86. The van der Waals surface area contributed by atoms with E-state index < -0.39 is 0 Å². The van der Waals surface area contributed by atoms with Crippen molar-refractivity contribution in [2.75, 3.05) is 19.4 Å². The van der Waals surface area contributed by atoms with E-state index in [-0.39, 0.29) is 15.4 Å². The zero-order chi connectivity index (χ0) is 9.23. The minimum atomic E-state index is -0.372. The Morgan fingerprint density at radius 3 is 2.00 bits per heavy atom. The lowest BCUT2D eigenvalue weighted by Crippen LogP contribution is -2.30. The average molecular weight is 191 g/mol. The fraction of sp³-hybridized carbons (Fsp3) is 1.00. The van der Waals surface area contributed by atoms with Gasteiger partial charge in [0.2, 0.25) is 0 Å². The third-order valence-corrected chi connectivity index (χ3v) is 2.69. The van der Waals surface area contributed by atoms with Crippen LogP contribution >= 0.6 is 0 Å². The molecule has 0 radical (unpaired) electrons. The summed E-state index contributed by atoms with van der Waals surface area (Å²) < 4.78 is 11.0. The molecule has 0 bridgehead atoms. The van der Waals surface area contributed by atoms with Crippen LogP contribution in [-0.2, 0) is 9.47 Å². The highest BCUT2D eigenvalue weighted by Crippen LogP contribution is 1.95. The molecule has 12 heavy (non-hydrogen) atoms. The summed E-state index contributed by atoms with van der Waals surface area (Å²) in [5, 5.41) is 0. The molecule has 0 aromatic heterocycles. The van der Waals surface area contributed by atoms with Crippen molar-refractivity contribution >= 4 is 9.52 Å². The second-order valence-electron chi connectivity index (χ2n) is 2.75. The van der Waals surface area contributed by atoms with Gasteiger partial charge in [-0.05, 0) is 19.0 Å². The van der Waals surface area contributed by atoms with Crippen LogP contribution in [0.2, 0.25) is 0 Å². The minimum Gasteiger partial charge on any atom is -0.357 e. The number of hydrogen-bond acceptors (Lipinski definition) is 3. The summed E-state index contributed by atoms with van der Waals surface area (Å²) in [5.41, 5.74) is 5.47. The van der Waals surface area contributed by atoms with Gasteiger partial charge in [-0.15, -0.1) is 0 Å². The van der Waals surface area contributed by atoms with E-state index in [1.807, 2.05) is 0 Å². The van der Waals surface area contributed by atoms with E-state index in [2.05, 4.69) is 13.8 Å². The normalized spacial score (nSPS) is 12.0. The van der Waals surface area contributed by atoms with Crippen LogP contribution in [0.5, 0.6) is 0 Å². The number of rotatable bonds is 8. The highest BCUT2D eigenvalue weighted by Gasteiger charge is 2.06. The molecule has 0 fully saturated rings. The van der Waals surface area contributed by atoms with Gasteiger partial charge in [0.15, 0.2) is 0 Å². The Balaban J connectivity index is 3.40. The van der Waals surface area contributed by atoms with Crippen molar-refractivity contribution in [1.82, 2.24) is 0 Å². The molecule has 0 saturated heterocycles. The Morgan fingerprint density at radius 2 is 1.67 bits per heavy atom. The largest absolute Gasteiger partial charge is 0.357 e. The number of hydrogen-bond donors (Lipinski definition) is 1. The average Bonchev–Trinajstić information content (AvgIpc) is 2.10. The maximum Gasteiger partial charge on any atom is 0.136 e. The summed E-state index contributed by atoms with van der Waals surface area (Å²) >= 11 is 0. The Hall–Kier alpha value is 0.0969. The van der Waals surface area contributed by atoms with E-state index in [1.165, 1.54) is 0 Å². The summed E-state index contributed by atoms with van der Waals surface area (Å²) in [5.74, 6) is 0.0508. The number of nitrogens with two attached hydrogens (primary N) is 1. The second kappa shape index (κ2) is 9.19. The van der Waals surface area contributed by atoms with Crippen LogP contribution in [-0.4, -0.2) is 34.8 Å². The van der Waals surface area contributed by atoms with Gasteiger partial charge in [-0.3, -0.25) is 0 Å². The van der Waals surface area contributed by atoms with Crippen LogP contribution in [0.15, 0.2) is 0 Å². The first-order valence-corrected chi connectivity index (χ1v) is 6.60. The van der Waals surface area contributed by atoms with Gasteiger partial charge in [0, 0.05) is 13.2 Å². The molecule has 0 unspecified atom stereocenters. The molecule has 0 atom stereocenters. The monoisotopic (exact) mass is 191 g/mol. The Labute approximate surface area is 77.4 Å². The Bertz CT molecular complexity index is 85.1. The lowest BCUT2D eigenvalue weighted by atomic mass is 10.5. The Morgan fingerprint density at radius 1 is 1.17 bits per heavy atom. The minimum absolute atomic E-state index is 0.0508. The zero-order valence-electron chi connectivity index (χ0n) is 8.21. The molecular formula is C8H21NO2Si. The van der Waals surface area contributed by atoms with Gasteiger partial charge in [0.1, 0.15) is 15.4 Å². The van der Waals surface area contributed by atoms with Crippen molar-refractivity contribution < 1.29 is 9.47 Å². The SMILES string of the molecule is CCCOC(OCCC)[SiH2]CN. The molecule has 0 aromatic rings. The third-order valence-electron chi connectivity index (χ3n) is 1.42. The molecule has 0 aromatic carbocycles. The predicted octanol–water partition coefficient (Wildman–Crippen LogP) is 0.208. The molecule has 0 rings (SSSR count). The lowest BCUT2D eigenvalue weighted by Gasteiger charge is -2.16. The van der Waals surface area contributed by atoms with E-state index >= 15 is 0 Å². The number of ether oxygens (including phenoxy) is 2. The van der Waals surface area contributed by atoms with E-state index in [0.717, 1.165) is 32.2 Å². The molecule has 0 aliphatic rings. The van der Waals surface area contributed by atoms with Crippen LogP contribution in [0.1, 0.15) is 26.7 Å². The molecule has 0 spiro atoms. The quantitative estimate of drug-likeness (QED) is 0.440. The highest BCUT2D eigenvalue weighted by molar-refractivity contribution is 6.36. The van der Waals surface area contributed by atoms with Crippen molar-refractivity contribution in [3.05, 3.63) is 0 Å². The molecule has 0 heterocycles. The van der Waals surface area contributed by atoms with E-state index in [1.54, 1.807) is 0 Å². The van der Waals surface area contributed by atoms with Crippen molar-refractivity contribution in [1.29, 1.82) is 0 Å². The maximum atomic E-state index is 5.49. The van der Waals surface area contributed by atoms with Crippen LogP contribution in [0.3, 0.4) is 0 Å². The molecular weight excluding hydrogens is 170 g/mol. The summed E-state index contributed by atoms with van der Waals surface area (Å²) in [6.45, 7) is 5.78. The van der Waals surface area contributed by atoms with Gasteiger partial charge in [-0.25, -0.2) is 0 Å². The highest BCUT2D eigenvalue weighted by atomic mass is 28.2. The van der Waals surface area contributed by atoms with E-state index in [0.29, 0.717) is 0 Å². The van der Waals surface area contributed by atoms with Crippen molar-refractivity contribution in [2.24, 2.45) is 5.73 Å². The topological polar surface area (TPSA) is 44.5 Å². The van der Waals surface area contributed by atoms with Gasteiger partial charge < -0.3 is 15.2 Å². The van der Waals surface area contributed by atoms with Gasteiger partial charge in [0.05, 0.1) is 0 Å². The fourth-order valence-electron chi connectivity index (χ4n) is 0.849. The van der Waals surface area contributed by atoms with E-state index in [4.69, 9.17) is 15.2 Å². The lowest BCUT2D eigenvalue weighted by molar-refractivity contribution is -0.0903. The first-order chi connectivity index (χ1) is 5.85. The molecule has 0 aliphatic carbocycles. The Kier molecular flexibility index (Phi) is 9.26. The maximum absolute atomic E-state index is 5.49. The summed E-state index contributed by atoms with van der Waals surface area (Å²) in [4.78, 5) is 0. The van der Waals surface area contributed by atoms with Crippen LogP contribution in [0.4, 0.5) is 0 Å². The predicted molar refractivity (Wildman–Crippen MR) is 53.9 cm³/mol. The van der Waals surface area contributed by atoms with Crippen molar-refractivity contribution in [3.63, 3.8) is 0 Å². The van der Waals surface area contributed by atoms with Crippen LogP contribution in [0, 0.1) is 0 Å². The molecule has 74 valence electrons. The van der Waals surface area contributed by atoms with E-state index in [9.17, 15) is 0 Å². The van der Waals surface area contributed by atoms with Gasteiger partial charge in [0.25, 0.3) is 0 Å². The summed E-state index contributed by atoms with van der Waals surface area (Å²) in [6, 6.07) is 0. The second-order valence-corrected chi connectivity index (χ2v) is 4.57. The first kappa shape index (κ1) is 12.1. The molecule has 3 nitrogen and oxygen atoms in total. The smallest absolute Gasteiger partial charge is 0.136 e. The van der Waals surface area contributed by atoms with Crippen molar-refractivity contribution in [3.8, 4) is 0 Å². The fourth-order valence-corrected chi connectivity index (χ4v) is 1.79. The summed E-state index contributed by atoms with van der Waals surface area (Å²) in [7, 11) is -0.372. The molecule has 2 N–H and O–H groups in total. The van der Waals surface area contributed by atoms with Crippen molar-refractivity contribution in [2.45, 2.75) is 32.6 Å². The molecule has 0 aliphatic heterocycles. The van der Waals surface area contributed by atoms with Gasteiger partial charge in [-0.2, -0.15) is 0 Å². The van der Waals surface area contributed by atoms with Crippen LogP contribution in [0.25, 0.3) is 0 Å². The molecule has 0 amide bonds. The van der Waals surface area contributed by atoms with Gasteiger partial charge >= 0.3 is 0 Å². The standard InChI is InChI=1S/C8H21NO2Si/c1-3-5-10-8(12-7-9)11-6-4-2/h8H,3-7,9,12H2,1-2H3. The first-order valence-electron chi connectivity index (χ1n) is 4.78. The van der Waals surface area contributed by atoms with Gasteiger partial charge in [-0.1, -0.05) is 13.8 Å². The zero-order valence-corrected chi connectivity index (χ0v) is 9.63. The molecule has 4 heteroatoms.